The number of aliphatic hydroxyl groups is 1. The van der Waals surface area contributed by atoms with Crippen LogP contribution in [-0.4, -0.2) is 23.8 Å². The Labute approximate surface area is 61.6 Å². The van der Waals surface area contributed by atoms with Crippen LogP contribution in [0.1, 0.15) is 19.8 Å². The van der Waals surface area contributed by atoms with Gasteiger partial charge in [-0.05, 0) is 25.7 Å². The fraction of sp³-hybridized carbons (Fsp3) is 1.00. The molecule has 2 fully saturated rings. The van der Waals surface area contributed by atoms with E-state index in [0.29, 0.717) is 5.92 Å². The summed E-state index contributed by atoms with van der Waals surface area (Å²) in [6, 6.07) is 0. The van der Waals surface area contributed by atoms with Crippen molar-refractivity contribution < 1.29 is 5.11 Å². The zero-order chi connectivity index (χ0) is 7.19. The third-order valence-corrected chi connectivity index (χ3v) is 2.84. The summed E-state index contributed by atoms with van der Waals surface area (Å²) in [6.45, 7) is 3.77. The topological polar surface area (TPSA) is 32.3 Å². The Morgan fingerprint density at radius 1 is 1.50 bits per heavy atom. The molecule has 0 aromatic heterocycles. The van der Waals surface area contributed by atoms with Gasteiger partial charge in [0.25, 0.3) is 0 Å². The first-order valence-corrected chi connectivity index (χ1v) is 4.13. The molecule has 0 radical (unpaired) electrons. The van der Waals surface area contributed by atoms with E-state index in [4.69, 9.17) is 0 Å². The molecule has 0 aromatic carbocycles. The highest BCUT2D eigenvalue weighted by Crippen LogP contribution is 2.43. The smallest absolute Gasteiger partial charge is 0.0786 e. The van der Waals surface area contributed by atoms with Gasteiger partial charge in [0.1, 0.15) is 0 Å². The van der Waals surface area contributed by atoms with Gasteiger partial charge >= 0.3 is 0 Å². The van der Waals surface area contributed by atoms with Crippen LogP contribution in [0.5, 0.6) is 0 Å². The molecule has 2 N–H and O–H groups in total. The van der Waals surface area contributed by atoms with E-state index in [-0.39, 0.29) is 0 Å². The van der Waals surface area contributed by atoms with Crippen LogP contribution < -0.4 is 5.32 Å². The predicted molar refractivity (Wildman–Crippen MR) is 39.7 cm³/mol. The van der Waals surface area contributed by atoms with Crippen LogP contribution in [0.4, 0.5) is 0 Å². The van der Waals surface area contributed by atoms with Gasteiger partial charge in [0.05, 0.1) is 5.60 Å². The first-order chi connectivity index (χ1) is 4.70. The fourth-order valence-electron chi connectivity index (χ4n) is 2.00. The van der Waals surface area contributed by atoms with Crippen LogP contribution in [0.2, 0.25) is 0 Å². The number of nitrogens with one attached hydrogen (secondary N) is 1. The van der Waals surface area contributed by atoms with Gasteiger partial charge in [-0.3, -0.25) is 0 Å². The second-order valence-electron chi connectivity index (χ2n) is 3.93. The summed E-state index contributed by atoms with van der Waals surface area (Å²) in [5.74, 6) is 1.36. The van der Waals surface area contributed by atoms with Gasteiger partial charge in [0.2, 0.25) is 0 Å². The highest BCUT2D eigenvalue weighted by atomic mass is 16.3. The lowest BCUT2D eigenvalue weighted by Crippen LogP contribution is -2.34. The molecule has 1 aliphatic heterocycles. The summed E-state index contributed by atoms with van der Waals surface area (Å²) in [7, 11) is 0. The van der Waals surface area contributed by atoms with Gasteiger partial charge in [0, 0.05) is 19.0 Å². The van der Waals surface area contributed by atoms with E-state index in [1.807, 2.05) is 6.92 Å². The largest absolute Gasteiger partial charge is 0.389 e. The standard InChI is InChI=1S/C8H15NO/c1-8(10)5-9-4-7(8)6-2-3-6/h6-7,9-10H,2-5H2,1H3. The molecule has 2 nitrogen and oxygen atoms in total. The maximum Gasteiger partial charge on any atom is 0.0786 e. The van der Waals surface area contributed by atoms with Gasteiger partial charge in [0.15, 0.2) is 0 Å². The van der Waals surface area contributed by atoms with Gasteiger partial charge < -0.3 is 10.4 Å². The quantitative estimate of drug-likeness (QED) is 0.553. The molecule has 0 amide bonds. The van der Waals surface area contributed by atoms with Crippen molar-refractivity contribution in [3.63, 3.8) is 0 Å². The van der Waals surface area contributed by atoms with E-state index < -0.39 is 5.60 Å². The van der Waals surface area contributed by atoms with Crippen LogP contribution in [0.3, 0.4) is 0 Å². The van der Waals surface area contributed by atoms with Crippen molar-refractivity contribution in [2.45, 2.75) is 25.4 Å². The first-order valence-electron chi connectivity index (χ1n) is 4.13. The SMILES string of the molecule is CC1(O)CNCC1C1CC1. The molecule has 1 saturated carbocycles. The minimum Gasteiger partial charge on any atom is -0.389 e. The summed E-state index contributed by atoms with van der Waals surface area (Å²) in [5, 5.41) is 13.0. The van der Waals surface area contributed by atoms with Crippen LogP contribution in [0.25, 0.3) is 0 Å². The molecule has 0 spiro atoms. The molecule has 58 valence electrons. The molecule has 1 aliphatic carbocycles. The summed E-state index contributed by atoms with van der Waals surface area (Å²) >= 11 is 0. The molecule has 2 aliphatic rings. The Morgan fingerprint density at radius 3 is 2.60 bits per heavy atom. The van der Waals surface area contributed by atoms with Crippen molar-refractivity contribution in [3.05, 3.63) is 0 Å². The van der Waals surface area contributed by atoms with E-state index in [2.05, 4.69) is 5.32 Å². The third-order valence-electron chi connectivity index (χ3n) is 2.84. The van der Waals surface area contributed by atoms with Gasteiger partial charge in [-0.15, -0.1) is 0 Å². The highest BCUT2D eigenvalue weighted by molar-refractivity contribution is 4.99. The van der Waals surface area contributed by atoms with Crippen molar-refractivity contribution in [2.75, 3.05) is 13.1 Å². The van der Waals surface area contributed by atoms with Crippen molar-refractivity contribution in [1.29, 1.82) is 0 Å². The number of hydrogen-bond acceptors (Lipinski definition) is 2. The van der Waals surface area contributed by atoms with Crippen LogP contribution >= 0.6 is 0 Å². The first kappa shape index (κ1) is 6.62. The Bertz CT molecular complexity index is 140. The van der Waals surface area contributed by atoms with E-state index in [1.54, 1.807) is 0 Å². The second kappa shape index (κ2) is 1.95. The lowest BCUT2D eigenvalue weighted by molar-refractivity contribution is 0.0275. The predicted octanol–water partition coefficient (Wildman–Crippen LogP) is 0.367. The Morgan fingerprint density at radius 2 is 2.20 bits per heavy atom. The average Bonchev–Trinajstić information content (AvgIpc) is 2.58. The monoisotopic (exact) mass is 141 g/mol. The Hall–Kier alpha value is -0.0800. The van der Waals surface area contributed by atoms with Gasteiger partial charge in [-0.2, -0.15) is 0 Å². The Balaban J connectivity index is 2.05. The Kier molecular flexibility index (Phi) is 1.29. The van der Waals surface area contributed by atoms with E-state index in [9.17, 15) is 5.11 Å². The highest BCUT2D eigenvalue weighted by Gasteiger charge is 2.45. The average molecular weight is 141 g/mol. The maximum atomic E-state index is 9.80. The molecule has 2 unspecified atom stereocenters. The molecule has 2 rings (SSSR count). The van der Waals surface area contributed by atoms with Crippen molar-refractivity contribution in [3.8, 4) is 0 Å². The van der Waals surface area contributed by atoms with E-state index in [0.717, 1.165) is 19.0 Å². The molecule has 2 atom stereocenters. The molecule has 1 saturated heterocycles. The van der Waals surface area contributed by atoms with Crippen molar-refractivity contribution in [1.82, 2.24) is 5.32 Å². The molecule has 1 heterocycles. The summed E-state index contributed by atoms with van der Waals surface area (Å²) in [4.78, 5) is 0. The van der Waals surface area contributed by atoms with Crippen LogP contribution in [0, 0.1) is 11.8 Å². The van der Waals surface area contributed by atoms with Gasteiger partial charge in [-0.25, -0.2) is 0 Å². The normalized spacial score (nSPS) is 48.0. The van der Waals surface area contributed by atoms with Crippen LogP contribution in [0.15, 0.2) is 0 Å². The lowest BCUT2D eigenvalue weighted by Gasteiger charge is -2.23. The molecular formula is C8H15NO. The van der Waals surface area contributed by atoms with Crippen molar-refractivity contribution >= 4 is 0 Å². The number of rotatable bonds is 1. The molecule has 10 heavy (non-hydrogen) atoms. The fourth-order valence-corrected chi connectivity index (χ4v) is 2.00. The minimum absolute atomic E-state index is 0.416. The minimum atomic E-state index is -0.416. The lowest BCUT2D eigenvalue weighted by atomic mass is 9.89. The van der Waals surface area contributed by atoms with E-state index >= 15 is 0 Å². The molecule has 0 aromatic rings. The zero-order valence-corrected chi connectivity index (χ0v) is 6.43. The molecular weight excluding hydrogens is 126 g/mol. The summed E-state index contributed by atoms with van der Waals surface area (Å²) in [5.41, 5.74) is -0.416. The zero-order valence-electron chi connectivity index (χ0n) is 6.43. The van der Waals surface area contributed by atoms with Crippen LogP contribution in [-0.2, 0) is 0 Å². The molecule has 2 heteroatoms. The van der Waals surface area contributed by atoms with Crippen molar-refractivity contribution in [2.24, 2.45) is 11.8 Å². The second-order valence-corrected chi connectivity index (χ2v) is 3.93. The summed E-state index contributed by atoms with van der Waals surface area (Å²) < 4.78 is 0. The van der Waals surface area contributed by atoms with Gasteiger partial charge in [-0.1, -0.05) is 0 Å². The summed E-state index contributed by atoms with van der Waals surface area (Å²) in [6.07, 6.45) is 2.67. The van der Waals surface area contributed by atoms with E-state index in [1.165, 1.54) is 12.8 Å². The molecule has 0 bridgehead atoms. The number of β-amino-alcohol motifs (C(OH)–C–C–N with tert-alkyl or cyclic N) is 1. The number of hydrogen-bond donors (Lipinski definition) is 2. The third kappa shape index (κ3) is 0.956. The maximum absolute atomic E-state index is 9.80.